The fourth-order valence-electron chi connectivity index (χ4n) is 4.93. The summed E-state index contributed by atoms with van der Waals surface area (Å²) >= 11 is 0. The molecule has 4 aromatic rings. The largest absolute Gasteiger partial charge is 0.695 e. The van der Waals surface area contributed by atoms with E-state index in [9.17, 15) is 39.0 Å². The number of rotatable bonds is 10. The molecule has 0 amide bonds. The number of anilines is 2. The average molecular weight is 676 g/mol. The second kappa shape index (κ2) is 11.9. The van der Waals surface area contributed by atoms with E-state index in [-0.39, 0.29) is 34.1 Å². The number of fused-ring (bicyclic) bond motifs is 2. The van der Waals surface area contributed by atoms with Crippen LogP contribution in [0.4, 0.5) is 11.8 Å². The highest BCUT2D eigenvalue weighted by Gasteiger charge is 2.53. The van der Waals surface area contributed by atoms with Gasteiger partial charge in [0.05, 0.1) is 19.5 Å². The van der Waals surface area contributed by atoms with Crippen molar-refractivity contribution in [2.45, 2.75) is 49.1 Å². The van der Waals surface area contributed by atoms with Crippen LogP contribution in [0.1, 0.15) is 12.5 Å². The maximum absolute atomic E-state index is 13.1. The van der Waals surface area contributed by atoms with Crippen LogP contribution in [0.25, 0.3) is 22.3 Å². The second-order valence-corrected chi connectivity index (χ2v) is 11.8. The van der Waals surface area contributed by atoms with Gasteiger partial charge >= 0.3 is 16.1 Å². The third-order valence-electron chi connectivity index (χ3n) is 6.93. The van der Waals surface area contributed by atoms with Crippen LogP contribution in [0.3, 0.4) is 0 Å². The molecule has 0 spiro atoms. The number of aliphatic hydroxyl groups excluding tert-OH is 3. The number of nitrogens with zero attached hydrogens (tertiary/aromatic N) is 8. The van der Waals surface area contributed by atoms with E-state index in [1.54, 1.807) is 0 Å². The molecule has 26 heteroatoms. The molecule has 0 aliphatic carbocycles. The van der Waals surface area contributed by atoms with Gasteiger partial charge in [-0.15, -0.1) is 14.5 Å². The maximum Gasteiger partial charge on any atom is 0.695 e. The van der Waals surface area contributed by atoms with Gasteiger partial charge in [0, 0.05) is 4.57 Å². The van der Waals surface area contributed by atoms with Crippen molar-refractivity contribution < 1.29 is 57.3 Å². The number of hydrogen-bond acceptors (Lipinski definition) is 19. The molecule has 6 rings (SSSR count). The Morgan fingerprint density at radius 3 is 2.56 bits per heavy atom. The molecule has 0 bridgehead atoms. The number of H-pyrrole nitrogens is 1. The summed E-state index contributed by atoms with van der Waals surface area (Å²) in [7, 11) is -8.50. The first kappa shape index (κ1) is 31.3. The highest BCUT2D eigenvalue weighted by molar-refractivity contribution is 7.47. The van der Waals surface area contributed by atoms with E-state index in [1.165, 1.54) is 10.9 Å². The minimum atomic E-state index is -5.20. The molecule has 2 unspecified atom stereocenters. The zero-order valence-electron chi connectivity index (χ0n) is 22.3. The molecule has 242 valence electrons. The molecular formula is C19H24N11O13P2+. The van der Waals surface area contributed by atoms with E-state index in [0.717, 1.165) is 11.0 Å². The van der Waals surface area contributed by atoms with Crippen molar-refractivity contribution in [2.75, 3.05) is 24.7 Å². The Labute approximate surface area is 249 Å². The lowest BCUT2D eigenvalue weighted by atomic mass is 10.1. The molecule has 4 aromatic heterocycles. The SMILES string of the molecule is Nc1nc2c(nnn2[C@@H]2O[C@H](CO)[C@@H](O)[C@H]2OP(=O)(O)OC[C@H]2O[C@@H](n3cnc4c(N)ncnc43)[C@H](O)[C@@H]2O[P+](=O)O)c(=O)[nH]1. The lowest BCUT2D eigenvalue weighted by Crippen LogP contribution is -2.36. The number of hydrogen-bond donors (Lipinski definition) is 8. The third kappa shape index (κ3) is 5.78. The molecule has 2 fully saturated rings. The lowest BCUT2D eigenvalue weighted by Gasteiger charge is -2.24. The molecule has 6 heterocycles. The number of aliphatic hydroxyl groups is 3. The van der Waals surface area contributed by atoms with Gasteiger partial charge < -0.3 is 41.2 Å². The number of nitrogens with one attached hydrogen (secondary N) is 1. The Kier molecular flexibility index (Phi) is 8.32. The number of nitrogens with two attached hydrogens (primary N) is 2. The first-order valence-corrected chi connectivity index (χ1v) is 15.3. The molecule has 0 aromatic carbocycles. The number of nitrogen functional groups attached to an aromatic ring is 2. The first-order chi connectivity index (χ1) is 21.4. The summed E-state index contributed by atoms with van der Waals surface area (Å²) in [6, 6.07) is 0. The summed E-state index contributed by atoms with van der Waals surface area (Å²) in [5, 5.41) is 38.8. The molecule has 2 aliphatic heterocycles. The second-order valence-electron chi connectivity index (χ2n) is 9.68. The summed E-state index contributed by atoms with van der Waals surface area (Å²) in [6.07, 6.45) is -10.1. The predicted molar refractivity (Wildman–Crippen MR) is 142 cm³/mol. The van der Waals surface area contributed by atoms with Crippen LogP contribution in [0.2, 0.25) is 0 Å². The molecule has 0 saturated carbocycles. The molecule has 2 aliphatic rings. The van der Waals surface area contributed by atoms with Gasteiger partial charge in [-0.3, -0.25) is 23.4 Å². The third-order valence-corrected chi connectivity index (χ3v) is 8.34. The number of phosphoric ester groups is 1. The van der Waals surface area contributed by atoms with Crippen LogP contribution in [0.15, 0.2) is 17.4 Å². The molecule has 0 radical (unpaired) electrons. The molecular weight excluding hydrogens is 652 g/mol. The standard InChI is InChI=1S/C19H23N11O13P2/c20-13-7-14(23-3-22-13)29(4-24-7)17-10(33)11(42-44(35)36)6(41-17)2-39-45(37,38)43-12-9(32)5(1-31)40-18(12)30-15-8(27-28-30)16(34)26-19(21)25-15/h3-6,9-12,17-18,31-33H,1-2H2,(H6-,20,21,22,23,25,26,28,34,35,36,37,38)/p+1/t5-,6-,9-,10-,11-,12-,17-,18-/m1/s1. The number of phosphoric acid groups is 1. The quantitative estimate of drug-likeness (QED) is 0.0757. The van der Waals surface area contributed by atoms with Crippen molar-refractivity contribution in [3.63, 3.8) is 0 Å². The number of ether oxygens (including phenoxy) is 2. The zero-order valence-corrected chi connectivity index (χ0v) is 24.1. The van der Waals surface area contributed by atoms with E-state index in [1.807, 2.05) is 0 Å². The fraction of sp³-hybridized carbons (Fsp3) is 0.526. The highest BCUT2D eigenvalue weighted by Crippen LogP contribution is 2.50. The van der Waals surface area contributed by atoms with Crippen molar-refractivity contribution in [2.24, 2.45) is 0 Å². The van der Waals surface area contributed by atoms with Gasteiger partial charge in [0.2, 0.25) is 5.95 Å². The van der Waals surface area contributed by atoms with Gasteiger partial charge in [-0.2, -0.15) is 9.67 Å². The molecule has 2 saturated heterocycles. The van der Waals surface area contributed by atoms with Crippen molar-refractivity contribution in [1.29, 1.82) is 0 Å². The minimum absolute atomic E-state index is 0.0282. The van der Waals surface area contributed by atoms with Gasteiger partial charge in [-0.05, 0) is 0 Å². The van der Waals surface area contributed by atoms with Crippen molar-refractivity contribution in [1.82, 2.24) is 44.5 Å². The van der Waals surface area contributed by atoms with Gasteiger partial charge in [-0.25, -0.2) is 19.5 Å². The van der Waals surface area contributed by atoms with Gasteiger partial charge in [0.1, 0.15) is 42.4 Å². The Balaban J connectivity index is 1.22. The number of aromatic nitrogens is 9. The lowest BCUT2D eigenvalue weighted by molar-refractivity contribution is -0.0644. The van der Waals surface area contributed by atoms with E-state index in [0.29, 0.717) is 0 Å². The van der Waals surface area contributed by atoms with Crippen LogP contribution in [0.5, 0.6) is 0 Å². The van der Waals surface area contributed by atoms with E-state index < -0.39 is 83.9 Å². The molecule has 24 nitrogen and oxygen atoms in total. The van der Waals surface area contributed by atoms with Gasteiger partial charge in [0.25, 0.3) is 5.56 Å². The summed E-state index contributed by atoms with van der Waals surface area (Å²) in [5.41, 5.74) is 10.4. The predicted octanol–water partition coefficient (Wildman–Crippen LogP) is -3.44. The normalized spacial score (nSPS) is 30.3. The summed E-state index contributed by atoms with van der Waals surface area (Å²) in [6.45, 7) is -1.62. The number of aromatic amines is 1. The summed E-state index contributed by atoms with van der Waals surface area (Å²) in [5.74, 6) is -0.291. The van der Waals surface area contributed by atoms with Crippen LogP contribution in [-0.2, 0) is 32.2 Å². The van der Waals surface area contributed by atoms with Gasteiger partial charge in [0.15, 0.2) is 41.2 Å². The number of imidazole rings is 1. The summed E-state index contributed by atoms with van der Waals surface area (Å²) < 4.78 is 53.3. The fourth-order valence-corrected chi connectivity index (χ4v) is 6.34. The molecule has 10 atom stereocenters. The summed E-state index contributed by atoms with van der Waals surface area (Å²) in [4.78, 5) is 50.3. The van der Waals surface area contributed by atoms with Crippen LogP contribution in [0, 0.1) is 0 Å². The topological polar surface area (TPSA) is 354 Å². The minimum Gasteiger partial charge on any atom is -0.394 e. The van der Waals surface area contributed by atoms with Crippen molar-refractivity contribution in [3.05, 3.63) is 23.0 Å². The van der Waals surface area contributed by atoms with E-state index >= 15 is 0 Å². The Bertz CT molecular complexity index is 1850. The van der Waals surface area contributed by atoms with Crippen LogP contribution < -0.4 is 17.0 Å². The Hall–Kier alpha value is -3.64. The first-order valence-electron chi connectivity index (χ1n) is 12.7. The van der Waals surface area contributed by atoms with Crippen LogP contribution >= 0.6 is 16.1 Å². The maximum atomic E-state index is 13.1. The Morgan fingerprint density at radius 2 is 1.82 bits per heavy atom. The Morgan fingerprint density at radius 1 is 1.07 bits per heavy atom. The average Bonchev–Trinajstić information content (AvgIpc) is 3.73. The molecule has 45 heavy (non-hydrogen) atoms. The van der Waals surface area contributed by atoms with Crippen LogP contribution in [-0.4, -0.2) is 119 Å². The smallest absolute Gasteiger partial charge is 0.394 e. The van der Waals surface area contributed by atoms with E-state index in [2.05, 4.69) is 35.2 Å². The zero-order chi connectivity index (χ0) is 32.2. The molecule has 10 N–H and O–H groups in total. The monoisotopic (exact) mass is 676 g/mol. The van der Waals surface area contributed by atoms with Gasteiger partial charge in [-0.1, -0.05) is 5.21 Å². The van der Waals surface area contributed by atoms with Crippen molar-refractivity contribution >= 4 is 50.2 Å². The van der Waals surface area contributed by atoms with Crippen molar-refractivity contribution in [3.8, 4) is 0 Å². The highest BCUT2D eigenvalue weighted by atomic mass is 31.2. The van der Waals surface area contributed by atoms with E-state index in [4.69, 9.17) is 34.5 Å².